The van der Waals surface area contributed by atoms with E-state index in [1.165, 1.54) is 11.1 Å². The van der Waals surface area contributed by atoms with Crippen LogP contribution in [0.5, 0.6) is 5.75 Å². The summed E-state index contributed by atoms with van der Waals surface area (Å²) in [6.45, 7) is 17.5. The summed E-state index contributed by atoms with van der Waals surface area (Å²) in [6.07, 6.45) is 6.94. The molecule has 3 atom stereocenters. The highest BCUT2D eigenvalue weighted by atomic mass is 31.2. The third-order valence-corrected chi connectivity index (χ3v) is 6.48. The summed E-state index contributed by atoms with van der Waals surface area (Å²) in [4.78, 5) is 0. The molecule has 0 radical (unpaired) electrons. The molecule has 0 aliphatic heterocycles. The summed E-state index contributed by atoms with van der Waals surface area (Å²) in [7, 11) is -1.26. The van der Waals surface area contributed by atoms with E-state index >= 15 is 0 Å². The summed E-state index contributed by atoms with van der Waals surface area (Å²) >= 11 is 0. The van der Waals surface area contributed by atoms with Crippen molar-refractivity contribution in [3.8, 4) is 5.75 Å². The lowest BCUT2D eigenvalue weighted by Gasteiger charge is -2.37. The van der Waals surface area contributed by atoms with Crippen LogP contribution in [0, 0.1) is 18.3 Å². The molecule has 0 amide bonds. The van der Waals surface area contributed by atoms with E-state index in [9.17, 15) is 5.11 Å². The Hall–Kier alpha value is -1.15. The van der Waals surface area contributed by atoms with Crippen LogP contribution in [0.3, 0.4) is 0 Å². The summed E-state index contributed by atoms with van der Waals surface area (Å²) in [6, 6.07) is 6.27. The lowest BCUT2D eigenvalue weighted by molar-refractivity contribution is 0.172. The van der Waals surface area contributed by atoms with Crippen molar-refractivity contribution in [3.05, 3.63) is 53.1 Å². The maximum Gasteiger partial charge on any atom is 0.233 e. The second kappa shape index (κ2) is 9.11. The van der Waals surface area contributed by atoms with Gasteiger partial charge < -0.3 is 14.2 Å². The van der Waals surface area contributed by atoms with E-state index in [4.69, 9.17) is 9.05 Å². The van der Waals surface area contributed by atoms with Gasteiger partial charge in [0, 0.05) is 11.5 Å². The summed E-state index contributed by atoms with van der Waals surface area (Å²) in [5, 5.41) is 9.66. The quantitative estimate of drug-likeness (QED) is 0.547. The largest absolute Gasteiger partial charge is 0.447 e. The molecule has 3 nitrogen and oxygen atoms in total. The van der Waals surface area contributed by atoms with Gasteiger partial charge in [-0.2, -0.15) is 0 Å². The molecule has 0 aromatic heterocycles. The van der Waals surface area contributed by atoms with Gasteiger partial charge >= 0.3 is 0 Å². The number of aliphatic hydroxyl groups excluding tert-OH is 1. The summed E-state index contributed by atoms with van der Waals surface area (Å²) < 4.78 is 13.1. The number of hydrogen-bond acceptors (Lipinski definition) is 3. The normalized spacial score (nSPS) is 21.4. The van der Waals surface area contributed by atoms with Gasteiger partial charge in [-0.25, -0.2) is 0 Å². The highest BCUT2D eigenvalue weighted by Gasteiger charge is 2.34. The maximum absolute atomic E-state index is 9.66. The molecule has 0 fully saturated rings. The number of hydrogen-bond donors (Lipinski definition) is 1. The molecule has 1 aliphatic rings. The number of allylic oxidation sites excluding steroid dienone is 2. The monoisotopic (exact) mass is 404 g/mol. The van der Waals surface area contributed by atoms with Gasteiger partial charge in [0.15, 0.2) is 0 Å². The zero-order chi connectivity index (χ0) is 21.1. The first-order valence-electron chi connectivity index (χ1n) is 10.2. The second-order valence-electron chi connectivity index (χ2n) is 9.71. The molecule has 2 rings (SSSR count). The molecule has 0 heterocycles. The Labute approximate surface area is 172 Å². The molecule has 1 aromatic rings. The van der Waals surface area contributed by atoms with Crippen LogP contribution in [-0.2, 0) is 9.94 Å². The highest BCUT2D eigenvalue weighted by molar-refractivity contribution is 7.47. The lowest BCUT2D eigenvalue weighted by Crippen LogP contribution is -2.31. The molecular formula is C24H37O3P. The minimum Gasteiger partial charge on any atom is -0.447 e. The molecule has 0 saturated heterocycles. The van der Waals surface area contributed by atoms with Crippen LogP contribution in [0.2, 0.25) is 0 Å². The van der Waals surface area contributed by atoms with E-state index in [0.29, 0.717) is 6.16 Å². The van der Waals surface area contributed by atoms with E-state index in [2.05, 4.69) is 91.8 Å². The third-order valence-electron chi connectivity index (χ3n) is 5.07. The van der Waals surface area contributed by atoms with Crippen molar-refractivity contribution in [3.63, 3.8) is 0 Å². The number of para-hydroxylation sites is 1. The van der Waals surface area contributed by atoms with Crippen LogP contribution < -0.4 is 4.52 Å². The van der Waals surface area contributed by atoms with Crippen LogP contribution in [0.4, 0.5) is 0 Å². The number of aryl methyl sites for hydroxylation is 1. The van der Waals surface area contributed by atoms with E-state index in [-0.39, 0.29) is 29.5 Å². The number of benzene rings is 1. The molecule has 156 valence electrons. The Balaban J connectivity index is 2.33. The molecule has 1 aliphatic carbocycles. The van der Waals surface area contributed by atoms with Gasteiger partial charge in [-0.1, -0.05) is 84.9 Å². The van der Waals surface area contributed by atoms with Crippen molar-refractivity contribution >= 4 is 8.38 Å². The average molecular weight is 405 g/mol. The van der Waals surface area contributed by atoms with Crippen molar-refractivity contribution in [2.75, 3.05) is 12.8 Å². The summed E-state index contributed by atoms with van der Waals surface area (Å²) in [5.41, 5.74) is 3.54. The van der Waals surface area contributed by atoms with Gasteiger partial charge in [-0.3, -0.25) is 0 Å². The SMILES string of the molecule is Cc1cccc(C(C)(C)C)c1OP(CCO)OC1C(C(C)(C)C)=CC=CC1C. The third kappa shape index (κ3) is 5.69. The molecule has 0 saturated carbocycles. The zero-order valence-corrected chi connectivity index (χ0v) is 19.6. The first-order chi connectivity index (χ1) is 12.9. The Kier molecular flexibility index (Phi) is 7.53. The highest BCUT2D eigenvalue weighted by Crippen LogP contribution is 2.49. The second-order valence-corrected chi connectivity index (χ2v) is 11.2. The smallest absolute Gasteiger partial charge is 0.233 e. The van der Waals surface area contributed by atoms with E-state index in [1.807, 2.05) is 0 Å². The van der Waals surface area contributed by atoms with Gasteiger partial charge in [0.1, 0.15) is 5.75 Å². The molecule has 0 spiro atoms. The van der Waals surface area contributed by atoms with Crippen molar-refractivity contribution < 1.29 is 14.2 Å². The fourth-order valence-corrected chi connectivity index (χ4v) is 4.85. The van der Waals surface area contributed by atoms with Gasteiger partial charge in [0.2, 0.25) is 8.38 Å². The molecule has 3 unspecified atom stereocenters. The molecule has 1 aromatic carbocycles. The van der Waals surface area contributed by atoms with Crippen LogP contribution in [-0.4, -0.2) is 24.0 Å². The predicted molar refractivity (Wildman–Crippen MR) is 120 cm³/mol. The first kappa shape index (κ1) is 23.1. The van der Waals surface area contributed by atoms with Crippen LogP contribution in [0.1, 0.15) is 59.6 Å². The van der Waals surface area contributed by atoms with Gasteiger partial charge in [0.05, 0.1) is 18.9 Å². The Morgan fingerprint density at radius 2 is 1.75 bits per heavy atom. The maximum atomic E-state index is 9.66. The van der Waals surface area contributed by atoms with Gasteiger partial charge in [-0.15, -0.1) is 0 Å². The van der Waals surface area contributed by atoms with Gasteiger partial charge in [0.25, 0.3) is 0 Å². The Morgan fingerprint density at radius 1 is 1.07 bits per heavy atom. The van der Waals surface area contributed by atoms with Crippen molar-refractivity contribution in [1.29, 1.82) is 0 Å². The van der Waals surface area contributed by atoms with Crippen LogP contribution in [0.25, 0.3) is 0 Å². The molecule has 4 heteroatoms. The van der Waals surface area contributed by atoms with Crippen molar-refractivity contribution in [2.45, 2.75) is 66.9 Å². The molecule has 0 bridgehead atoms. The molecule has 28 heavy (non-hydrogen) atoms. The van der Waals surface area contributed by atoms with Crippen molar-refractivity contribution in [2.24, 2.45) is 11.3 Å². The van der Waals surface area contributed by atoms with Gasteiger partial charge in [-0.05, 0) is 28.9 Å². The molecular weight excluding hydrogens is 367 g/mol. The van der Waals surface area contributed by atoms with Crippen molar-refractivity contribution in [1.82, 2.24) is 0 Å². The fraction of sp³-hybridized carbons (Fsp3) is 0.583. The minimum atomic E-state index is -1.26. The predicted octanol–water partition coefficient (Wildman–Crippen LogP) is 6.54. The molecule has 1 N–H and O–H groups in total. The Morgan fingerprint density at radius 3 is 2.32 bits per heavy atom. The first-order valence-corrected chi connectivity index (χ1v) is 11.5. The van der Waals surface area contributed by atoms with Crippen LogP contribution in [0.15, 0.2) is 42.0 Å². The number of rotatable bonds is 6. The van der Waals surface area contributed by atoms with E-state index < -0.39 is 8.38 Å². The number of aliphatic hydroxyl groups is 1. The lowest BCUT2D eigenvalue weighted by atomic mass is 9.77. The topological polar surface area (TPSA) is 38.7 Å². The zero-order valence-electron chi connectivity index (χ0n) is 18.7. The van der Waals surface area contributed by atoms with E-state index in [0.717, 1.165) is 11.3 Å². The van der Waals surface area contributed by atoms with E-state index in [1.54, 1.807) is 0 Å². The summed E-state index contributed by atoms with van der Waals surface area (Å²) in [5.74, 6) is 1.17. The fourth-order valence-electron chi connectivity index (χ4n) is 3.44. The Bertz CT molecular complexity index is 722. The van der Waals surface area contributed by atoms with Crippen LogP contribution >= 0.6 is 8.38 Å². The minimum absolute atomic E-state index is 0.0170. The average Bonchev–Trinajstić information content (AvgIpc) is 2.56. The standard InChI is InChI=1S/C24H37O3P/c1-17-11-9-13-19(23(3,4)5)21(17)26-28(16-15-25)27-22-18(2)12-10-14-20(22)24(6,7)8/h9-14,17,21,25H,15-16H2,1-8H3.